The Morgan fingerprint density at radius 3 is 2.26 bits per heavy atom. The van der Waals surface area contributed by atoms with Crippen molar-refractivity contribution in [2.24, 2.45) is 0 Å². The first-order chi connectivity index (χ1) is 8.54. The number of halogens is 2. The summed E-state index contributed by atoms with van der Waals surface area (Å²) in [6.07, 6.45) is 7.34. The average molecular weight is 290 g/mol. The van der Waals surface area contributed by atoms with E-state index in [0.717, 1.165) is 12.1 Å². The van der Waals surface area contributed by atoms with Crippen LogP contribution in [0.25, 0.3) is 5.53 Å². The predicted molar refractivity (Wildman–Crippen MR) is 74.4 cm³/mol. The zero-order valence-corrected chi connectivity index (χ0v) is 11.6. The third-order valence-electron chi connectivity index (χ3n) is 2.89. The van der Waals surface area contributed by atoms with Gasteiger partial charge in [-0.15, -0.1) is 12.4 Å². The first kappa shape index (κ1) is 17.9. The van der Waals surface area contributed by atoms with Gasteiger partial charge in [0, 0.05) is 24.9 Å². The summed E-state index contributed by atoms with van der Waals surface area (Å²) in [4.78, 5) is 5.65. The van der Waals surface area contributed by atoms with E-state index in [1.54, 1.807) is 0 Å². The van der Waals surface area contributed by atoms with Crippen molar-refractivity contribution in [3.8, 4) is 0 Å². The van der Waals surface area contributed by atoms with Crippen LogP contribution in [0.3, 0.4) is 0 Å². The highest BCUT2D eigenvalue weighted by atomic mass is 35.5. The summed E-state index contributed by atoms with van der Waals surface area (Å²) in [5.41, 5.74) is 12.1. The zero-order valence-electron chi connectivity index (χ0n) is 10.8. The highest BCUT2D eigenvalue weighted by Crippen LogP contribution is 2.23. The highest BCUT2D eigenvalue weighted by Gasteiger charge is 2.20. The van der Waals surface area contributed by atoms with E-state index in [-0.39, 0.29) is 12.4 Å². The summed E-state index contributed by atoms with van der Waals surface area (Å²) in [6, 6.07) is 0. The Labute approximate surface area is 118 Å². The molecule has 0 radical (unpaired) electrons. The molecule has 0 bridgehead atoms. The normalized spacial score (nSPS) is 17.5. The molecular weight excluding hydrogens is 271 g/mol. The van der Waals surface area contributed by atoms with Gasteiger partial charge in [0.05, 0.1) is 6.42 Å². The maximum atomic E-state index is 10.1. The molecule has 0 aromatic carbocycles. The van der Waals surface area contributed by atoms with Gasteiger partial charge in [0.1, 0.15) is 0 Å². The Balaban J connectivity index is 0.000000576. The van der Waals surface area contributed by atoms with Crippen LogP contribution in [0.5, 0.6) is 0 Å². The third-order valence-corrected chi connectivity index (χ3v) is 2.89. The van der Waals surface area contributed by atoms with Crippen molar-refractivity contribution in [2.75, 3.05) is 13.1 Å². The molecule has 1 fully saturated rings. The van der Waals surface area contributed by atoms with Gasteiger partial charge in [-0.3, -0.25) is 4.32 Å². The van der Waals surface area contributed by atoms with E-state index in [1.165, 1.54) is 37.2 Å². The topological polar surface area (TPSA) is 80.1 Å². The zero-order chi connectivity index (χ0) is 13.5. The lowest BCUT2D eigenvalue weighted by molar-refractivity contribution is -0.00569. The van der Waals surface area contributed by atoms with Crippen molar-refractivity contribution < 1.29 is 19.2 Å². The summed E-state index contributed by atoms with van der Waals surface area (Å²) >= 11 is 0. The minimum Gasteiger partial charge on any atom is -0.398 e. The Hall–Kier alpha value is -1.14. The number of likely N-dealkylation sites (tertiary alicyclic amines) is 1. The average Bonchev–Trinajstić information content (AvgIpc) is 2.81. The van der Waals surface area contributed by atoms with Crippen molar-refractivity contribution in [3.63, 3.8) is 0 Å². The van der Waals surface area contributed by atoms with Crippen LogP contribution in [0.4, 0.5) is 4.32 Å². The fourth-order valence-corrected chi connectivity index (χ4v) is 2.14. The number of hydrogen-bond donors (Lipinski definition) is 2. The molecule has 0 aromatic heterocycles. The number of hydrogen-bond acceptors (Lipinski definition) is 3. The molecule has 0 saturated carbocycles. The molecule has 5 nitrogen and oxygen atoms in total. The molecule has 2 rings (SSSR count). The van der Waals surface area contributed by atoms with Crippen LogP contribution >= 0.6 is 12.4 Å². The van der Waals surface area contributed by atoms with Crippen molar-refractivity contribution in [1.29, 1.82) is 0 Å². The molecular formula is C11H18BClFN3O2. The first-order valence-corrected chi connectivity index (χ1v) is 5.88. The maximum absolute atomic E-state index is 10.1. The molecule has 1 aliphatic heterocycles. The van der Waals surface area contributed by atoms with Crippen LogP contribution < -0.4 is 0 Å². The molecule has 8 heteroatoms. The van der Waals surface area contributed by atoms with Gasteiger partial charge in [0.25, 0.3) is 5.71 Å². The van der Waals surface area contributed by atoms with Crippen molar-refractivity contribution in [1.82, 2.24) is 4.90 Å². The van der Waals surface area contributed by atoms with Gasteiger partial charge in [0.2, 0.25) is 0 Å². The van der Waals surface area contributed by atoms with E-state index in [9.17, 15) is 4.32 Å². The van der Waals surface area contributed by atoms with E-state index in [4.69, 9.17) is 15.6 Å². The van der Waals surface area contributed by atoms with Crippen LogP contribution in [-0.4, -0.2) is 45.9 Å². The predicted octanol–water partition coefficient (Wildman–Crippen LogP) is 1.33. The molecule has 2 N–H and O–H groups in total. The second-order valence-corrected chi connectivity index (χ2v) is 4.27. The quantitative estimate of drug-likeness (QED) is 0.434. The maximum Gasteiger partial charge on any atom is 0.674 e. The fourth-order valence-electron chi connectivity index (χ4n) is 2.14. The Morgan fingerprint density at radius 2 is 1.84 bits per heavy atom. The molecule has 2 aliphatic rings. The van der Waals surface area contributed by atoms with Gasteiger partial charge in [0.15, 0.2) is 0 Å². The number of nitrogens with zero attached hydrogens (tertiary/aromatic N) is 3. The largest absolute Gasteiger partial charge is 0.674 e. The van der Waals surface area contributed by atoms with Gasteiger partial charge >= 0.3 is 7.40 Å². The molecule has 106 valence electrons. The van der Waals surface area contributed by atoms with Gasteiger partial charge in [-0.25, -0.2) is 0 Å². The summed E-state index contributed by atoms with van der Waals surface area (Å²) < 4.78 is 10.1. The standard InChI is InChI=1S/C11H15N3.BFH2O2.ClH/c1-9-8-10(13-12)4-5-11(9)14-6-2-3-7-14;2-1(3)4;/h4-5H,2-3,6-8H2,1H3;3-4H;1H. The highest BCUT2D eigenvalue weighted by molar-refractivity contribution is 6.31. The molecule has 1 heterocycles. The van der Waals surface area contributed by atoms with E-state index < -0.39 is 7.40 Å². The van der Waals surface area contributed by atoms with E-state index >= 15 is 0 Å². The van der Waals surface area contributed by atoms with E-state index in [1.807, 2.05) is 6.08 Å². The van der Waals surface area contributed by atoms with Crippen LogP contribution in [0.15, 0.2) is 23.4 Å². The van der Waals surface area contributed by atoms with Crippen LogP contribution in [0.1, 0.15) is 26.2 Å². The molecule has 0 atom stereocenters. The molecule has 1 saturated heterocycles. The Morgan fingerprint density at radius 1 is 1.32 bits per heavy atom. The smallest absolute Gasteiger partial charge is 0.398 e. The summed E-state index contributed by atoms with van der Waals surface area (Å²) in [6.45, 7) is 4.45. The summed E-state index contributed by atoms with van der Waals surface area (Å²) in [5.74, 6) is 0. The van der Waals surface area contributed by atoms with Crippen molar-refractivity contribution >= 4 is 25.5 Å². The molecule has 0 amide bonds. The molecule has 0 unspecified atom stereocenters. The first-order valence-electron chi connectivity index (χ1n) is 5.88. The monoisotopic (exact) mass is 289 g/mol. The van der Waals surface area contributed by atoms with Gasteiger partial charge < -0.3 is 20.5 Å². The minimum atomic E-state index is -2.67. The van der Waals surface area contributed by atoms with E-state index in [2.05, 4.69) is 22.7 Å². The minimum absolute atomic E-state index is 0. The van der Waals surface area contributed by atoms with Gasteiger partial charge in [-0.1, -0.05) is 0 Å². The lowest BCUT2D eigenvalue weighted by Gasteiger charge is -2.22. The second kappa shape index (κ2) is 8.88. The van der Waals surface area contributed by atoms with Crippen LogP contribution in [-0.2, 0) is 0 Å². The SMILES string of the molecule is CC1=C(N2CCCC2)C=CC(=[N+]=[N-])C1.Cl.OB(O)F. The number of allylic oxidation sites excluding steroid dienone is 3. The lowest BCUT2D eigenvalue weighted by atomic mass is 10.0. The van der Waals surface area contributed by atoms with Crippen LogP contribution in [0.2, 0.25) is 0 Å². The van der Waals surface area contributed by atoms with Gasteiger partial charge in [-0.05, 0) is 31.4 Å². The molecule has 0 aromatic rings. The summed E-state index contributed by atoms with van der Waals surface area (Å²) in [7, 11) is -2.67. The molecule has 1 aliphatic carbocycles. The second-order valence-electron chi connectivity index (χ2n) is 4.27. The van der Waals surface area contributed by atoms with E-state index in [0.29, 0.717) is 0 Å². The molecule has 0 spiro atoms. The third kappa shape index (κ3) is 6.03. The number of rotatable bonds is 1. The van der Waals surface area contributed by atoms with Crippen molar-refractivity contribution in [3.05, 3.63) is 29.0 Å². The van der Waals surface area contributed by atoms with Crippen molar-refractivity contribution in [2.45, 2.75) is 26.2 Å². The summed E-state index contributed by atoms with van der Waals surface area (Å²) in [5, 5.41) is 13.9. The van der Waals surface area contributed by atoms with Crippen LogP contribution in [0, 0.1) is 0 Å². The van der Waals surface area contributed by atoms with Gasteiger partial charge in [-0.2, -0.15) is 4.79 Å². The molecule has 19 heavy (non-hydrogen) atoms. The fraction of sp³-hybridized carbons (Fsp3) is 0.545. The lowest BCUT2D eigenvalue weighted by Crippen LogP contribution is -2.21. The Kier molecular flexibility index (Phi) is 8.35. The Bertz CT molecular complexity index is 400.